The van der Waals surface area contributed by atoms with Gasteiger partial charge in [0.25, 0.3) is 11.2 Å². The van der Waals surface area contributed by atoms with E-state index in [0.29, 0.717) is 43.4 Å². The zero-order valence-corrected chi connectivity index (χ0v) is 25.3. The number of nitrogens with zero attached hydrogens (tertiary/aromatic N) is 3. The quantitative estimate of drug-likeness (QED) is 0.127. The molecule has 0 radical (unpaired) electrons. The van der Waals surface area contributed by atoms with Crippen LogP contribution in [0.25, 0.3) is 28.2 Å². The standard InChI is InChI=1S/C32H24ClN3O7S/c1-4-42-31(38)27-17(2)34-32-35(29(27)28-21-8-6-5-7-18(21)9-13-25(28)41-3)30(37)26(44-32)16-20-11-14-24(43-20)22-15-19(36(39)40)10-12-23(22)33/h5-16,29H,4H2,1-3H3/b26-16-. The highest BCUT2D eigenvalue weighted by Gasteiger charge is 2.36. The Balaban J connectivity index is 1.55. The summed E-state index contributed by atoms with van der Waals surface area (Å²) in [4.78, 5) is 43.4. The fourth-order valence-corrected chi connectivity index (χ4v) is 6.56. The summed E-state index contributed by atoms with van der Waals surface area (Å²) in [5.74, 6) is 0.557. The van der Waals surface area contributed by atoms with Crippen molar-refractivity contribution in [3.8, 4) is 17.1 Å². The van der Waals surface area contributed by atoms with Crippen LogP contribution in [0.15, 0.2) is 92.2 Å². The van der Waals surface area contributed by atoms with Gasteiger partial charge < -0.3 is 13.9 Å². The maximum Gasteiger partial charge on any atom is 0.338 e. The van der Waals surface area contributed by atoms with Crippen molar-refractivity contribution in [2.75, 3.05) is 13.7 Å². The first-order chi connectivity index (χ1) is 21.2. The molecule has 1 aliphatic rings. The molecule has 0 aliphatic carbocycles. The van der Waals surface area contributed by atoms with Gasteiger partial charge in [-0.1, -0.05) is 53.3 Å². The smallest absolute Gasteiger partial charge is 0.338 e. The molecular formula is C32H24ClN3O7S. The van der Waals surface area contributed by atoms with Crippen LogP contribution in [0.3, 0.4) is 0 Å². The van der Waals surface area contributed by atoms with Crippen LogP contribution in [-0.4, -0.2) is 29.2 Å². The summed E-state index contributed by atoms with van der Waals surface area (Å²) in [5.41, 5.74) is 1.12. The number of aromatic nitrogens is 1. The van der Waals surface area contributed by atoms with E-state index in [-0.39, 0.29) is 22.9 Å². The van der Waals surface area contributed by atoms with Crippen LogP contribution < -0.4 is 19.6 Å². The van der Waals surface area contributed by atoms with Gasteiger partial charge in [0.15, 0.2) is 4.80 Å². The molecule has 2 aromatic heterocycles. The SMILES string of the molecule is CCOC(=O)C1=C(C)N=c2s/c(=C\c3ccc(-c4cc([N+](=O)[O-])ccc4Cl)o3)c(=O)n2C1c1c(OC)ccc2ccccc12. The minimum absolute atomic E-state index is 0.132. The lowest BCUT2D eigenvalue weighted by molar-refractivity contribution is -0.384. The second-order valence-corrected chi connectivity index (χ2v) is 11.2. The van der Waals surface area contributed by atoms with Gasteiger partial charge >= 0.3 is 5.97 Å². The summed E-state index contributed by atoms with van der Waals surface area (Å²) in [7, 11) is 1.54. The molecule has 12 heteroatoms. The Hall–Kier alpha value is -5.00. The second-order valence-electron chi connectivity index (χ2n) is 9.83. The highest BCUT2D eigenvalue weighted by atomic mass is 35.5. The molecule has 0 fully saturated rings. The lowest BCUT2D eigenvalue weighted by Gasteiger charge is -2.27. The number of rotatable bonds is 7. The van der Waals surface area contributed by atoms with Crippen molar-refractivity contribution in [1.82, 2.24) is 4.57 Å². The predicted octanol–water partition coefficient (Wildman–Crippen LogP) is 5.78. The zero-order chi connectivity index (χ0) is 31.1. The van der Waals surface area contributed by atoms with Gasteiger partial charge in [-0.05, 0) is 48.9 Å². The zero-order valence-electron chi connectivity index (χ0n) is 23.7. The molecule has 0 N–H and O–H groups in total. The number of esters is 1. The van der Waals surface area contributed by atoms with Crippen molar-refractivity contribution in [2.45, 2.75) is 19.9 Å². The normalized spacial score (nSPS) is 14.8. The lowest BCUT2D eigenvalue weighted by Crippen LogP contribution is -2.40. The number of non-ortho nitro benzene ring substituents is 1. The van der Waals surface area contributed by atoms with Crippen molar-refractivity contribution < 1.29 is 23.6 Å². The van der Waals surface area contributed by atoms with Crippen LogP contribution in [0.1, 0.15) is 31.2 Å². The van der Waals surface area contributed by atoms with E-state index in [1.54, 1.807) is 39.2 Å². The number of benzene rings is 3. The molecule has 0 spiro atoms. The highest BCUT2D eigenvalue weighted by molar-refractivity contribution is 7.07. The van der Waals surface area contributed by atoms with Crippen molar-refractivity contribution in [1.29, 1.82) is 0 Å². The van der Waals surface area contributed by atoms with Gasteiger partial charge in [0.05, 0.1) is 39.5 Å². The van der Waals surface area contributed by atoms with Crippen LogP contribution in [0.4, 0.5) is 5.69 Å². The third-order valence-electron chi connectivity index (χ3n) is 7.27. The van der Waals surface area contributed by atoms with Crippen LogP contribution in [0.2, 0.25) is 5.02 Å². The number of ether oxygens (including phenoxy) is 2. The number of methoxy groups -OCH3 is 1. The fraction of sp³-hybridized carbons (Fsp3) is 0.156. The third-order valence-corrected chi connectivity index (χ3v) is 8.58. The Morgan fingerprint density at radius 1 is 1.18 bits per heavy atom. The molecule has 222 valence electrons. The molecule has 1 atom stereocenters. The van der Waals surface area contributed by atoms with Crippen molar-refractivity contribution in [3.05, 3.63) is 124 Å². The number of furan rings is 1. The summed E-state index contributed by atoms with van der Waals surface area (Å²) in [5, 5.41) is 13.3. The molecule has 1 aliphatic heterocycles. The largest absolute Gasteiger partial charge is 0.496 e. The van der Waals surface area contributed by atoms with Crippen molar-refractivity contribution in [3.63, 3.8) is 0 Å². The van der Waals surface area contributed by atoms with E-state index in [0.717, 1.165) is 22.1 Å². The average molecular weight is 630 g/mol. The number of hydrogen-bond donors (Lipinski definition) is 0. The Kier molecular flexibility index (Phi) is 7.66. The number of carbonyl (C=O) groups excluding carboxylic acids is 1. The van der Waals surface area contributed by atoms with E-state index in [9.17, 15) is 19.7 Å². The van der Waals surface area contributed by atoms with Gasteiger partial charge in [0, 0.05) is 29.3 Å². The van der Waals surface area contributed by atoms with Crippen LogP contribution in [0, 0.1) is 10.1 Å². The monoisotopic (exact) mass is 629 g/mol. The number of fused-ring (bicyclic) bond motifs is 2. The number of hydrogen-bond acceptors (Lipinski definition) is 9. The third kappa shape index (κ3) is 4.99. The molecular weight excluding hydrogens is 606 g/mol. The van der Waals surface area contributed by atoms with E-state index in [1.807, 2.05) is 36.4 Å². The van der Waals surface area contributed by atoms with E-state index >= 15 is 0 Å². The molecule has 3 aromatic carbocycles. The Morgan fingerprint density at radius 2 is 1.98 bits per heavy atom. The minimum atomic E-state index is -0.885. The van der Waals surface area contributed by atoms with Gasteiger partial charge in [0.1, 0.15) is 23.3 Å². The predicted molar refractivity (Wildman–Crippen MR) is 167 cm³/mol. The number of halogens is 1. The summed E-state index contributed by atoms with van der Waals surface area (Å²) in [6.07, 6.45) is 1.57. The lowest BCUT2D eigenvalue weighted by atomic mass is 9.90. The number of nitro groups is 1. The van der Waals surface area contributed by atoms with Crippen molar-refractivity contribution in [2.24, 2.45) is 4.99 Å². The van der Waals surface area contributed by atoms with Gasteiger partial charge in [-0.2, -0.15) is 0 Å². The number of thiazole rings is 1. The van der Waals surface area contributed by atoms with Gasteiger partial charge in [0.2, 0.25) is 0 Å². The minimum Gasteiger partial charge on any atom is -0.496 e. The topological polar surface area (TPSA) is 126 Å². The molecule has 0 saturated heterocycles. The summed E-state index contributed by atoms with van der Waals surface area (Å²) in [6, 6.07) is 17.9. The summed E-state index contributed by atoms with van der Waals surface area (Å²) in [6.45, 7) is 3.58. The Morgan fingerprint density at radius 3 is 2.73 bits per heavy atom. The number of allylic oxidation sites excluding steroid dienone is 1. The fourth-order valence-electron chi connectivity index (χ4n) is 5.32. The molecule has 3 heterocycles. The molecule has 1 unspecified atom stereocenters. The van der Waals surface area contributed by atoms with Gasteiger partial charge in [-0.3, -0.25) is 19.5 Å². The first-order valence-electron chi connectivity index (χ1n) is 13.5. The van der Waals surface area contributed by atoms with Crippen LogP contribution in [-0.2, 0) is 9.53 Å². The molecule has 6 rings (SSSR count). The van der Waals surface area contributed by atoms with Gasteiger partial charge in [-0.15, -0.1) is 0 Å². The molecule has 0 bridgehead atoms. The maximum absolute atomic E-state index is 14.1. The average Bonchev–Trinajstić information content (AvgIpc) is 3.59. The number of carbonyl (C=O) groups is 1. The Bertz CT molecular complexity index is 2200. The van der Waals surface area contributed by atoms with E-state index < -0.39 is 22.5 Å². The maximum atomic E-state index is 14.1. The second kappa shape index (κ2) is 11.6. The molecule has 0 amide bonds. The van der Waals surface area contributed by atoms with E-state index in [2.05, 4.69) is 4.99 Å². The molecule has 10 nitrogen and oxygen atoms in total. The van der Waals surface area contributed by atoms with Gasteiger partial charge in [-0.25, -0.2) is 9.79 Å². The van der Waals surface area contributed by atoms with E-state index in [1.165, 1.54) is 22.8 Å². The van der Waals surface area contributed by atoms with Crippen molar-refractivity contribution >= 4 is 51.4 Å². The first kappa shape index (κ1) is 29.1. The summed E-state index contributed by atoms with van der Waals surface area (Å²) < 4.78 is 19.0. The molecule has 0 saturated carbocycles. The van der Waals surface area contributed by atoms with Crippen LogP contribution in [0.5, 0.6) is 5.75 Å². The van der Waals surface area contributed by atoms with Crippen LogP contribution >= 0.6 is 22.9 Å². The highest BCUT2D eigenvalue weighted by Crippen LogP contribution is 2.40. The first-order valence-corrected chi connectivity index (χ1v) is 14.7. The number of nitro benzene ring substituents is 1. The Labute approximate surface area is 258 Å². The molecule has 44 heavy (non-hydrogen) atoms. The van der Waals surface area contributed by atoms with E-state index in [4.69, 9.17) is 25.5 Å². The summed E-state index contributed by atoms with van der Waals surface area (Å²) >= 11 is 7.45. The molecule has 5 aromatic rings.